The number of carbonyl (C=O) groups excluding carboxylic acids is 4. The van der Waals surface area contributed by atoms with Crippen molar-refractivity contribution in [2.45, 2.75) is 193 Å². The van der Waals surface area contributed by atoms with Gasteiger partial charge in [0, 0.05) is 44.5 Å². The van der Waals surface area contributed by atoms with Crippen molar-refractivity contribution in [1.82, 2.24) is 9.62 Å². The molecule has 398 valence electrons. The van der Waals surface area contributed by atoms with Crippen molar-refractivity contribution in [2.75, 3.05) is 32.4 Å². The minimum atomic E-state index is -3.82. The van der Waals surface area contributed by atoms with E-state index in [0.717, 1.165) is 6.42 Å². The monoisotopic (exact) mass is 1020 g/mol. The lowest BCUT2D eigenvalue weighted by atomic mass is 9.78. The van der Waals surface area contributed by atoms with E-state index in [2.05, 4.69) is 4.72 Å². The van der Waals surface area contributed by atoms with Crippen LogP contribution >= 0.6 is 11.6 Å². The largest absolute Gasteiger partial charge is 0.461 e. The van der Waals surface area contributed by atoms with Gasteiger partial charge in [-0.15, -0.1) is 11.6 Å². The molecule has 4 aliphatic rings. The summed E-state index contributed by atoms with van der Waals surface area (Å²) < 4.78 is 53.1. The number of alkyl halides is 1. The Kier molecular flexibility index (Phi) is 23.9. The minimum Gasteiger partial charge on any atom is -0.461 e. The molecule has 0 aromatic rings. The summed E-state index contributed by atoms with van der Waals surface area (Å²) >= 11 is 5.85. The highest BCUT2D eigenvalue weighted by Crippen LogP contribution is 2.38. The Bertz CT molecular complexity index is 1980. The molecule has 1 saturated carbocycles. The van der Waals surface area contributed by atoms with Crippen LogP contribution in [0.3, 0.4) is 0 Å². The number of esters is 1. The van der Waals surface area contributed by atoms with Crippen molar-refractivity contribution >= 4 is 45.1 Å². The van der Waals surface area contributed by atoms with Crippen LogP contribution in [0.4, 0.5) is 0 Å². The zero-order chi connectivity index (χ0) is 51.9. The maximum absolute atomic E-state index is 14.5. The predicted octanol–water partition coefficient (Wildman–Crippen LogP) is 6.90. The number of nitrogens with one attached hydrogen (secondary N) is 1. The lowest BCUT2D eigenvalue weighted by Crippen LogP contribution is -2.61. The topological polar surface area (TPSA) is 215 Å². The number of amides is 1. The van der Waals surface area contributed by atoms with Crippen molar-refractivity contribution < 1.29 is 61.9 Å². The Morgan fingerprint density at radius 1 is 0.886 bits per heavy atom. The molecule has 4 rings (SSSR count). The number of sulfonamides is 1. The van der Waals surface area contributed by atoms with Crippen molar-refractivity contribution in [3.63, 3.8) is 0 Å². The van der Waals surface area contributed by atoms with E-state index in [0.29, 0.717) is 75.4 Å². The van der Waals surface area contributed by atoms with Crippen LogP contribution in [0.15, 0.2) is 47.6 Å². The van der Waals surface area contributed by atoms with E-state index < -0.39 is 87.9 Å². The van der Waals surface area contributed by atoms with Gasteiger partial charge in [-0.3, -0.25) is 14.4 Å². The number of hydrogen-bond donors (Lipinski definition) is 4. The van der Waals surface area contributed by atoms with Crippen LogP contribution in [0.1, 0.15) is 138 Å². The van der Waals surface area contributed by atoms with E-state index in [4.69, 9.17) is 30.5 Å². The van der Waals surface area contributed by atoms with E-state index >= 15 is 0 Å². The highest BCUT2D eigenvalue weighted by molar-refractivity contribution is 7.89. The molecule has 1 aliphatic carbocycles. The number of aliphatic hydroxyl groups is 3. The average molecular weight is 1030 g/mol. The van der Waals surface area contributed by atoms with Crippen LogP contribution in [0, 0.1) is 35.5 Å². The molecule has 3 heterocycles. The maximum Gasteiger partial charge on any atom is 0.329 e. The quantitative estimate of drug-likeness (QED) is 0.0759. The number of hydrogen-bond acceptors (Lipinski definition) is 13. The summed E-state index contributed by atoms with van der Waals surface area (Å²) in [7, 11) is -0.815. The molecule has 0 aromatic heterocycles. The van der Waals surface area contributed by atoms with Gasteiger partial charge in [0.2, 0.25) is 15.8 Å². The van der Waals surface area contributed by atoms with Crippen LogP contribution in [0.2, 0.25) is 0 Å². The normalized spacial score (nSPS) is 38.6. The van der Waals surface area contributed by atoms with E-state index in [-0.39, 0.29) is 73.0 Å². The number of aliphatic hydroxyl groups excluding tert-OH is 2. The third-order valence-electron chi connectivity index (χ3n) is 15.2. The van der Waals surface area contributed by atoms with Crippen LogP contribution in [-0.4, -0.2) is 139 Å². The number of piperidine rings is 1. The Labute approximate surface area is 423 Å². The SMILES string of the molecule is CO[C@@H]1C[C@H](CC(C)[C@@H]2CC[C@H](C)/C=C(\C)[C@@H](O)[C@@H](OC)C(=O)[C@H](C)C[C@H](C)/C=C/C=C/C=C(\C)[C@@H](NS(=O)(=O)CCCCl)C[C@@H]3CC[C@@H](C)[C@@](O)(O3)C(=O)C(=O)N3CCCC[C@H]3C(=O)O2)CC[C@H]1O. The first-order valence-corrected chi connectivity index (χ1v) is 27.9. The molecule has 0 aromatic carbocycles. The number of carbonyl (C=O) groups is 4. The smallest absolute Gasteiger partial charge is 0.329 e. The standard InChI is InChI=1S/C53H85ClN2O13S/c1-33-16-11-10-12-17-35(3)42(55-70(64,65)27-15-25-54)32-41-22-20-39(7)53(63,69-41)50(60)51(61)56-26-14-13-18-43(56)52(62)68-45(36(4)30-40-21-23-44(57)46(31-40)66-8)24-19-34(2)29-38(6)48(59)49(67-9)47(58)37(5)28-33/h10-12,16-17,29,33-34,36-37,39-46,48-49,55,57,59,63H,13-15,18-28,30-32H2,1-9H3/b12-10+,16-11+,35-17+,38-29+/t33-,34+,36?,37-,39-,40+,41+,42+,43+,44-,45+,46-,48-,49+,53-/m1/s1. The second-order valence-corrected chi connectivity index (χ2v) is 23.2. The number of fused-ring (bicyclic) bond motifs is 3. The molecule has 15 atom stereocenters. The van der Waals surface area contributed by atoms with Gasteiger partial charge in [-0.05, 0) is 133 Å². The first-order chi connectivity index (χ1) is 33.0. The molecule has 17 heteroatoms. The number of Topliss-reactive ketones (excluding diaryl/α,β-unsaturated/α-hetero) is 2. The first-order valence-electron chi connectivity index (χ1n) is 25.7. The van der Waals surface area contributed by atoms with Gasteiger partial charge in [-0.1, -0.05) is 76.6 Å². The molecule has 4 N–H and O–H groups in total. The fourth-order valence-electron chi connectivity index (χ4n) is 10.7. The number of ketones is 2. The first kappa shape index (κ1) is 59.8. The lowest BCUT2D eigenvalue weighted by Gasteiger charge is -2.43. The van der Waals surface area contributed by atoms with Gasteiger partial charge >= 0.3 is 5.97 Å². The number of halogens is 1. The highest BCUT2D eigenvalue weighted by atomic mass is 35.5. The van der Waals surface area contributed by atoms with E-state index in [1.165, 1.54) is 12.0 Å². The van der Waals surface area contributed by atoms with Crippen LogP contribution in [0.25, 0.3) is 0 Å². The molecular weight excluding hydrogens is 940 g/mol. The van der Waals surface area contributed by atoms with Crippen molar-refractivity contribution in [1.29, 1.82) is 0 Å². The molecule has 70 heavy (non-hydrogen) atoms. The van der Waals surface area contributed by atoms with E-state index in [1.807, 2.05) is 45.9 Å². The zero-order valence-electron chi connectivity index (χ0n) is 43.2. The number of allylic oxidation sites excluding steroid dienone is 6. The summed E-state index contributed by atoms with van der Waals surface area (Å²) in [5.41, 5.74) is 1.21. The molecule has 1 amide bonds. The van der Waals surface area contributed by atoms with Gasteiger partial charge in [0.1, 0.15) is 24.4 Å². The Balaban J connectivity index is 1.72. The molecule has 1 unspecified atom stereocenters. The van der Waals surface area contributed by atoms with Gasteiger partial charge in [-0.2, -0.15) is 0 Å². The molecule has 3 fully saturated rings. The zero-order valence-corrected chi connectivity index (χ0v) is 44.8. The van der Waals surface area contributed by atoms with E-state index in [9.17, 15) is 42.9 Å². The average Bonchev–Trinajstić information content (AvgIpc) is 3.32. The summed E-state index contributed by atoms with van der Waals surface area (Å²) in [6.45, 7) is 13.1. The van der Waals surface area contributed by atoms with Gasteiger partial charge in [0.05, 0.1) is 24.1 Å². The van der Waals surface area contributed by atoms with E-state index in [1.54, 1.807) is 46.1 Å². The highest BCUT2D eigenvalue weighted by Gasteiger charge is 2.53. The Morgan fingerprint density at radius 3 is 2.30 bits per heavy atom. The van der Waals surface area contributed by atoms with Crippen molar-refractivity contribution in [3.05, 3.63) is 47.6 Å². The van der Waals surface area contributed by atoms with Gasteiger partial charge in [0.25, 0.3) is 11.7 Å². The summed E-state index contributed by atoms with van der Waals surface area (Å²) in [5, 5.41) is 34.1. The van der Waals surface area contributed by atoms with Gasteiger partial charge < -0.3 is 39.2 Å². The molecular formula is C53H85ClN2O13S. The number of rotatable bonds is 10. The van der Waals surface area contributed by atoms with Crippen molar-refractivity contribution in [3.8, 4) is 0 Å². The van der Waals surface area contributed by atoms with Crippen LogP contribution in [0.5, 0.6) is 0 Å². The second-order valence-electron chi connectivity index (χ2n) is 21.0. The lowest BCUT2D eigenvalue weighted by molar-refractivity contribution is -0.264. The fraction of sp³-hybridized carbons (Fsp3) is 0.774. The second kappa shape index (κ2) is 28.0. The third kappa shape index (κ3) is 16.9. The van der Waals surface area contributed by atoms with Crippen LogP contribution in [-0.2, 0) is 48.1 Å². The summed E-state index contributed by atoms with van der Waals surface area (Å²) in [6, 6.07) is -1.90. The summed E-state index contributed by atoms with van der Waals surface area (Å²) in [4.78, 5) is 58.2. The molecule has 0 spiro atoms. The number of methoxy groups -OCH3 is 2. The molecule has 15 nitrogen and oxygen atoms in total. The summed E-state index contributed by atoms with van der Waals surface area (Å²) in [6.07, 6.45) is 13.0. The number of cyclic esters (lactones) is 1. The molecule has 2 saturated heterocycles. The van der Waals surface area contributed by atoms with Crippen molar-refractivity contribution in [2.24, 2.45) is 35.5 Å². The predicted molar refractivity (Wildman–Crippen MR) is 270 cm³/mol. The number of nitrogens with zero attached hydrogens (tertiary/aromatic N) is 1. The molecule has 0 radical (unpaired) electrons. The minimum absolute atomic E-state index is 0.0204. The summed E-state index contributed by atoms with van der Waals surface area (Å²) in [5.74, 6) is -7.00. The Morgan fingerprint density at radius 2 is 1.61 bits per heavy atom. The van der Waals surface area contributed by atoms with Gasteiger partial charge in [-0.25, -0.2) is 17.9 Å². The van der Waals surface area contributed by atoms with Crippen LogP contribution < -0.4 is 4.72 Å². The number of ether oxygens (including phenoxy) is 4. The maximum atomic E-state index is 14.5. The Hall–Kier alpha value is -2.80. The molecule has 3 aliphatic heterocycles. The molecule has 2 bridgehead atoms. The third-order valence-corrected chi connectivity index (χ3v) is 16.9. The van der Waals surface area contributed by atoms with Gasteiger partial charge in [0.15, 0.2) is 5.78 Å². The fourth-order valence-corrected chi connectivity index (χ4v) is 12.4.